The molecule has 0 aliphatic carbocycles. The van der Waals surface area contributed by atoms with Crippen LogP contribution in [0, 0.1) is 0 Å². The molecule has 1 aliphatic heterocycles. The van der Waals surface area contributed by atoms with Crippen LogP contribution in [0.3, 0.4) is 0 Å². The van der Waals surface area contributed by atoms with Crippen molar-refractivity contribution in [1.82, 2.24) is 19.9 Å². The predicted molar refractivity (Wildman–Crippen MR) is 139 cm³/mol. The van der Waals surface area contributed by atoms with Crippen molar-refractivity contribution in [2.24, 2.45) is 0 Å². The first-order chi connectivity index (χ1) is 18.4. The van der Waals surface area contributed by atoms with Gasteiger partial charge < -0.3 is 30.4 Å². The van der Waals surface area contributed by atoms with Gasteiger partial charge in [-0.15, -0.1) is 0 Å². The van der Waals surface area contributed by atoms with Crippen LogP contribution in [0.2, 0.25) is 0 Å². The Morgan fingerprint density at radius 3 is 2.54 bits per heavy atom. The molecule has 0 aromatic carbocycles. The van der Waals surface area contributed by atoms with Crippen molar-refractivity contribution in [1.29, 1.82) is 0 Å². The molecular formula is C25H25F4N7O3. The maximum Gasteiger partial charge on any atom is 0.417 e. The van der Waals surface area contributed by atoms with E-state index in [1.165, 1.54) is 31.5 Å². The molecule has 206 valence electrons. The minimum atomic E-state index is -4.70. The lowest BCUT2D eigenvalue weighted by molar-refractivity contribution is -0.266. The van der Waals surface area contributed by atoms with Crippen molar-refractivity contribution in [2.75, 3.05) is 35.7 Å². The van der Waals surface area contributed by atoms with Crippen LogP contribution in [0.25, 0.3) is 11.9 Å². The van der Waals surface area contributed by atoms with Gasteiger partial charge >= 0.3 is 6.18 Å². The van der Waals surface area contributed by atoms with Crippen molar-refractivity contribution < 1.29 is 27.4 Å². The topological polar surface area (TPSA) is 128 Å². The zero-order chi connectivity index (χ0) is 28.4. The van der Waals surface area contributed by atoms with Crippen molar-refractivity contribution in [3.05, 3.63) is 65.2 Å². The van der Waals surface area contributed by atoms with Crippen molar-refractivity contribution in [2.45, 2.75) is 24.6 Å². The fourth-order valence-corrected chi connectivity index (χ4v) is 4.02. The minimum Gasteiger partial charge on any atom is -0.479 e. The van der Waals surface area contributed by atoms with Crippen molar-refractivity contribution >= 4 is 40.9 Å². The lowest BCUT2D eigenvalue weighted by atomic mass is 9.91. The normalized spacial score (nSPS) is 15.0. The third-order valence-electron chi connectivity index (χ3n) is 6.21. The van der Waals surface area contributed by atoms with Gasteiger partial charge in [0.15, 0.2) is 5.60 Å². The summed E-state index contributed by atoms with van der Waals surface area (Å²) >= 11 is 0. The molecule has 1 aliphatic rings. The van der Waals surface area contributed by atoms with Gasteiger partial charge in [0, 0.05) is 37.7 Å². The van der Waals surface area contributed by atoms with Gasteiger partial charge in [-0.3, -0.25) is 4.79 Å². The van der Waals surface area contributed by atoms with Gasteiger partial charge in [-0.1, -0.05) is 19.2 Å². The third kappa shape index (κ3) is 5.85. The minimum absolute atomic E-state index is 0.0388. The standard InChI is InChI=1S/C25H25F4N7O3/c1-4-15-13-17(21(37)35-20(15)14(2)26)31-18-7-10-30-23(33-18)32-16-5-6-19(34-22(16)39-3)36-11-8-24(38,9-12-36)25(27,28)29/h4-7,10,13,38H,1-2,8-9,11-12H2,3H3,(H,35,37)(H2,30,31,32,33). The molecule has 0 unspecified atom stereocenters. The predicted octanol–water partition coefficient (Wildman–Crippen LogP) is 4.53. The van der Waals surface area contributed by atoms with E-state index in [2.05, 4.69) is 43.7 Å². The van der Waals surface area contributed by atoms with E-state index in [4.69, 9.17) is 4.74 Å². The number of aliphatic hydroxyl groups is 1. The number of methoxy groups -OCH3 is 1. The molecule has 3 aromatic heterocycles. The lowest BCUT2D eigenvalue weighted by Crippen LogP contribution is -2.53. The number of aromatic amines is 1. The number of H-pyrrole nitrogens is 1. The molecule has 14 heteroatoms. The van der Waals surface area contributed by atoms with Gasteiger partial charge in [0.05, 0.1) is 12.8 Å². The van der Waals surface area contributed by atoms with Crippen LogP contribution in [-0.2, 0) is 0 Å². The van der Waals surface area contributed by atoms with Gasteiger partial charge in [0.2, 0.25) is 11.8 Å². The number of halogens is 4. The van der Waals surface area contributed by atoms with E-state index in [9.17, 15) is 27.5 Å². The second kappa shape index (κ2) is 10.7. The number of pyridine rings is 2. The summed E-state index contributed by atoms with van der Waals surface area (Å²) in [6, 6.07) is 6.13. The van der Waals surface area contributed by atoms with Crippen LogP contribution < -0.4 is 25.8 Å². The number of nitrogens with one attached hydrogen (secondary N) is 3. The van der Waals surface area contributed by atoms with Gasteiger partial charge in [0.25, 0.3) is 5.56 Å². The Morgan fingerprint density at radius 2 is 1.92 bits per heavy atom. The van der Waals surface area contributed by atoms with Crippen LogP contribution >= 0.6 is 0 Å². The molecule has 1 fully saturated rings. The number of piperidine rings is 1. The van der Waals surface area contributed by atoms with Crippen LogP contribution in [0.5, 0.6) is 5.88 Å². The Bertz CT molecular complexity index is 1450. The summed E-state index contributed by atoms with van der Waals surface area (Å²) in [7, 11) is 1.38. The lowest BCUT2D eigenvalue weighted by Gasteiger charge is -2.39. The number of anilines is 5. The number of alkyl halides is 3. The molecule has 0 amide bonds. The Kier molecular flexibility index (Phi) is 7.58. The summed E-state index contributed by atoms with van der Waals surface area (Å²) in [5.41, 5.74) is -2.61. The molecule has 3 aromatic rings. The average molecular weight is 548 g/mol. The molecule has 39 heavy (non-hydrogen) atoms. The van der Waals surface area contributed by atoms with Crippen molar-refractivity contribution in [3.8, 4) is 5.88 Å². The summed E-state index contributed by atoms with van der Waals surface area (Å²) in [5, 5.41) is 15.7. The van der Waals surface area contributed by atoms with E-state index in [0.717, 1.165) is 0 Å². The first-order valence-electron chi connectivity index (χ1n) is 11.6. The largest absolute Gasteiger partial charge is 0.479 e. The number of hydrogen-bond acceptors (Lipinski definition) is 9. The van der Waals surface area contributed by atoms with E-state index >= 15 is 0 Å². The van der Waals surface area contributed by atoms with Gasteiger partial charge in [-0.25, -0.2) is 9.37 Å². The number of aromatic nitrogens is 4. The zero-order valence-electron chi connectivity index (χ0n) is 20.8. The highest BCUT2D eigenvalue weighted by atomic mass is 19.4. The number of ether oxygens (including phenoxy) is 1. The monoisotopic (exact) mass is 547 g/mol. The average Bonchev–Trinajstić information content (AvgIpc) is 2.90. The maximum atomic E-state index is 13.6. The summed E-state index contributed by atoms with van der Waals surface area (Å²) in [6.45, 7) is 6.73. The van der Waals surface area contributed by atoms with E-state index in [1.807, 2.05) is 0 Å². The van der Waals surface area contributed by atoms with Crippen LogP contribution in [-0.4, -0.2) is 57.0 Å². The molecule has 4 rings (SSSR count). The Labute approximate surface area is 220 Å². The molecule has 0 radical (unpaired) electrons. The molecule has 0 bridgehead atoms. The Balaban J connectivity index is 1.50. The Hall–Kier alpha value is -4.46. The maximum absolute atomic E-state index is 13.6. The second-order valence-electron chi connectivity index (χ2n) is 8.71. The summed E-state index contributed by atoms with van der Waals surface area (Å²) in [6.07, 6.45) is -2.85. The van der Waals surface area contributed by atoms with Crippen LogP contribution in [0.1, 0.15) is 24.1 Å². The highest BCUT2D eigenvalue weighted by Crippen LogP contribution is 2.39. The first-order valence-corrected chi connectivity index (χ1v) is 11.6. The van der Waals surface area contributed by atoms with Crippen LogP contribution in [0.4, 0.5) is 46.5 Å². The van der Waals surface area contributed by atoms with Gasteiger partial charge in [-0.2, -0.15) is 23.1 Å². The highest BCUT2D eigenvalue weighted by molar-refractivity contribution is 5.70. The molecule has 0 spiro atoms. The SMILES string of the molecule is C=Cc1cc(Nc2ccnc(Nc3ccc(N4CCC(O)(C(F)(F)F)CC4)nc3OC)n2)c(=O)[nH]c1C(=C)F. The van der Waals surface area contributed by atoms with Gasteiger partial charge in [0.1, 0.15) is 28.8 Å². The Morgan fingerprint density at radius 1 is 1.21 bits per heavy atom. The quantitative estimate of drug-likeness (QED) is 0.301. The molecular weight excluding hydrogens is 522 g/mol. The summed E-state index contributed by atoms with van der Waals surface area (Å²) in [4.78, 5) is 29.3. The number of rotatable bonds is 8. The molecule has 10 nitrogen and oxygen atoms in total. The third-order valence-corrected chi connectivity index (χ3v) is 6.21. The molecule has 4 heterocycles. The second-order valence-corrected chi connectivity index (χ2v) is 8.71. The van der Waals surface area contributed by atoms with E-state index in [0.29, 0.717) is 17.1 Å². The smallest absolute Gasteiger partial charge is 0.417 e. The number of hydrogen-bond donors (Lipinski definition) is 4. The fraction of sp³-hybridized carbons (Fsp3) is 0.280. The first kappa shape index (κ1) is 27.6. The molecule has 0 saturated carbocycles. The zero-order valence-corrected chi connectivity index (χ0v) is 20.8. The van der Waals surface area contributed by atoms with E-state index < -0.39 is 36.0 Å². The highest BCUT2D eigenvalue weighted by Gasteiger charge is 2.54. The van der Waals surface area contributed by atoms with E-state index in [-0.39, 0.29) is 42.1 Å². The van der Waals surface area contributed by atoms with Crippen LogP contribution in [0.15, 0.2) is 48.4 Å². The van der Waals surface area contributed by atoms with E-state index in [1.54, 1.807) is 17.0 Å². The molecule has 0 atom stereocenters. The fourth-order valence-electron chi connectivity index (χ4n) is 4.02. The summed E-state index contributed by atoms with van der Waals surface area (Å²) in [5.74, 6) is 0.0811. The molecule has 1 saturated heterocycles. The number of nitrogens with zero attached hydrogens (tertiary/aromatic N) is 4. The van der Waals surface area contributed by atoms with Gasteiger partial charge in [-0.05, 0) is 24.3 Å². The van der Waals surface area contributed by atoms with Crippen molar-refractivity contribution in [3.63, 3.8) is 0 Å². The molecule has 4 N–H and O–H groups in total. The summed E-state index contributed by atoms with van der Waals surface area (Å²) < 4.78 is 58.3.